The smallest absolute Gasteiger partial charge is 0.331 e. The minimum atomic E-state index is -2.02. The number of piperidine rings is 1. The summed E-state index contributed by atoms with van der Waals surface area (Å²) in [6.07, 6.45) is -1.41. The van der Waals surface area contributed by atoms with Crippen LogP contribution in [-0.4, -0.2) is 55.7 Å². The summed E-state index contributed by atoms with van der Waals surface area (Å²) in [5.41, 5.74) is -1.02. The Kier molecular flexibility index (Phi) is 6.74. The lowest BCUT2D eigenvalue weighted by Crippen LogP contribution is -2.63. The molecular weight excluding hydrogens is 350 g/mol. The minimum Gasteiger partial charge on any atom is -0.465 e. The van der Waals surface area contributed by atoms with Crippen LogP contribution in [0.5, 0.6) is 0 Å². The Morgan fingerprint density at radius 1 is 1.15 bits per heavy atom. The molecule has 7 nitrogen and oxygen atoms in total. The number of likely N-dealkylation sites (N-methyl/N-ethyl adjacent to an activating group) is 1. The van der Waals surface area contributed by atoms with Gasteiger partial charge < -0.3 is 19.1 Å². The number of likely N-dealkylation sites (tertiary alicyclic amines) is 1. The van der Waals surface area contributed by atoms with Gasteiger partial charge in [-0.3, -0.25) is 14.4 Å². The number of hydrogen-bond acceptors (Lipinski definition) is 6. The van der Waals surface area contributed by atoms with Crippen molar-refractivity contribution in [1.29, 1.82) is 0 Å². The molecule has 0 N–H and O–H groups in total. The van der Waals surface area contributed by atoms with Gasteiger partial charge in [-0.2, -0.15) is 0 Å². The van der Waals surface area contributed by atoms with E-state index in [4.69, 9.17) is 14.2 Å². The van der Waals surface area contributed by atoms with Gasteiger partial charge in [-0.15, -0.1) is 0 Å². The van der Waals surface area contributed by atoms with Gasteiger partial charge in [0.05, 0.1) is 19.8 Å². The molecule has 2 rings (SSSR count). The van der Waals surface area contributed by atoms with Crippen LogP contribution < -0.4 is 0 Å². The molecule has 27 heavy (non-hydrogen) atoms. The zero-order valence-electron chi connectivity index (χ0n) is 15.9. The maximum Gasteiger partial charge on any atom is 0.331 e. The van der Waals surface area contributed by atoms with Gasteiger partial charge in [0.25, 0.3) is 5.91 Å². The van der Waals surface area contributed by atoms with E-state index < -0.39 is 29.4 Å². The molecule has 1 heterocycles. The van der Waals surface area contributed by atoms with Gasteiger partial charge in [-0.05, 0) is 25.0 Å². The van der Waals surface area contributed by atoms with Gasteiger partial charge >= 0.3 is 11.9 Å². The van der Waals surface area contributed by atoms with E-state index in [1.165, 1.54) is 4.90 Å². The third kappa shape index (κ3) is 3.88. The van der Waals surface area contributed by atoms with Crippen LogP contribution in [0.2, 0.25) is 0 Å². The second-order valence-corrected chi connectivity index (χ2v) is 6.22. The highest BCUT2D eigenvalue weighted by Gasteiger charge is 2.63. The molecule has 0 radical (unpaired) electrons. The molecule has 0 saturated carbocycles. The van der Waals surface area contributed by atoms with Crippen LogP contribution in [0.4, 0.5) is 0 Å². The third-order valence-corrected chi connectivity index (χ3v) is 4.43. The molecule has 1 unspecified atom stereocenters. The van der Waals surface area contributed by atoms with E-state index in [0.717, 1.165) is 5.56 Å². The number of nitrogens with zero attached hydrogens (tertiary/aromatic N) is 1. The van der Waals surface area contributed by atoms with Crippen LogP contribution in [0.1, 0.15) is 19.4 Å². The first kappa shape index (κ1) is 20.6. The maximum absolute atomic E-state index is 12.9. The topological polar surface area (TPSA) is 82.1 Å². The van der Waals surface area contributed by atoms with Crippen LogP contribution in [0.3, 0.4) is 0 Å². The number of rotatable bonds is 7. The molecule has 1 saturated heterocycles. The molecular formula is C20H25NO6. The van der Waals surface area contributed by atoms with Gasteiger partial charge in [0.2, 0.25) is 5.41 Å². The zero-order valence-corrected chi connectivity index (χ0v) is 15.9. The fraction of sp³-hybridized carbons (Fsp3) is 0.450. The number of benzene rings is 1. The molecule has 1 aliphatic rings. The summed E-state index contributed by atoms with van der Waals surface area (Å²) < 4.78 is 16.1. The molecule has 1 atom stereocenters. The fourth-order valence-electron chi connectivity index (χ4n) is 3.09. The standard InChI is InChI=1S/C20H25NO6/c1-5-25-18(23)20(19(24)26-6-2)14(3)12-21(4)17(22)16(20)27-13-15-10-8-7-9-11-15/h7-11,16H,3,5-6,12-13H2,1-2,4H3. The van der Waals surface area contributed by atoms with Crippen molar-refractivity contribution in [3.63, 3.8) is 0 Å². The Bertz CT molecular complexity index is 683. The average Bonchev–Trinajstić information content (AvgIpc) is 2.64. The third-order valence-electron chi connectivity index (χ3n) is 4.43. The fourth-order valence-corrected chi connectivity index (χ4v) is 3.09. The van der Waals surface area contributed by atoms with E-state index in [1.54, 1.807) is 20.9 Å². The van der Waals surface area contributed by atoms with Gasteiger partial charge in [0.1, 0.15) is 0 Å². The van der Waals surface area contributed by atoms with Crippen molar-refractivity contribution in [3.8, 4) is 0 Å². The first-order valence-corrected chi connectivity index (χ1v) is 8.82. The summed E-state index contributed by atoms with van der Waals surface area (Å²) in [6.45, 7) is 7.29. The summed E-state index contributed by atoms with van der Waals surface area (Å²) >= 11 is 0. The van der Waals surface area contributed by atoms with Crippen molar-refractivity contribution >= 4 is 17.8 Å². The Labute approximate surface area is 158 Å². The number of carbonyl (C=O) groups excluding carboxylic acids is 3. The summed E-state index contributed by atoms with van der Waals surface area (Å²) in [6, 6.07) is 9.16. The van der Waals surface area contributed by atoms with Crippen molar-refractivity contribution in [3.05, 3.63) is 48.0 Å². The molecule has 1 amide bonds. The van der Waals surface area contributed by atoms with Gasteiger partial charge in [-0.1, -0.05) is 36.9 Å². The lowest BCUT2D eigenvalue weighted by molar-refractivity contribution is -0.189. The monoisotopic (exact) mass is 375 g/mol. The van der Waals surface area contributed by atoms with Gasteiger partial charge in [0, 0.05) is 13.6 Å². The number of carbonyl (C=O) groups is 3. The highest BCUT2D eigenvalue weighted by molar-refractivity contribution is 6.10. The zero-order chi connectivity index (χ0) is 20.0. The number of ether oxygens (including phenoxy) is 3. The summed E-state index contributed by atoms with van der Waals surface area (Å²) in [7, 11) is 1.56. The van der Waals surface area contributed by atoms with E-state index in [1.807, 2.05) is 30.3 Å². The van der Waals surface area contributed by atoms with Crippen LogP contribution in [0.15, 0.2) is 42.5 Å². The highest BCUT2D eigenvalue weighted by atomic mass is 16.6. The average molecular weight is 375 g/mol. The van der Waals surface area contributed by atoms with E-state index in [2.05, 4.69) is 6.58 Å². The van der Waals surface area contributed by atoms with Crippen LogP contribution in [0.25, 0.3) is 0 Å². The predicted molar refractivity (Wildman–Crippen MR) is 97.5 cm³/mol. The van der Waals surface area contributed by atoms with Crippen molar-refractivity contribution < 1.29 is 28.6 Å². The van der Waals surface area contributed by atoms with Crippen molar-refractivity contribution in [2.45, 2.75) is 26.6 Å². The second-order valence-electron chi connectivity index (χ2n) is 6.22. The maximum atomic E-state index is 12.9. The molecule has 1 aliphatic heterocycles. The van der Waals surface area contributed by atoms with E-state index in [9.17, 15) is 14.4 Å². The highest BCUT2D eigenvalue weighted by Crippen LogP contribution is 2.41. The van der Waals surface area contributed by atoms with Gasteiger partial charge in [0.15, 0.2) is 6.10 Å². The molecule has 146 valence electrons. The molecule has 0 aromatic heterocycles. The predicted octanol–water partition coefficient (Wildman–Crippen LogP) is 1.71. The molecule has 0 aliphatic carbocycles. The lowest BCUT2D eigenvalue weighted by Gasteiger charge is -2.43. The van der Waals surface area contributed by atoms with Crippen molar-refractivity contribution in [2.24, 2.45) is 5.41 Å². The Morgan fingerprint density at radius 2 is 1.70 bits per heavy atom. The summed E-state index contributed by atoms with van der Waals surface area (Å²) in [5.74, 6) is -2.26. The quantitative estimate of drug-likeness (QED) is 0.410. The van der Waals surface area contributed by atoms with Crippen LogP contribution in [-0.2, 0) is 35.2 Å². The van der Waals surface area contributed by atoms with Crippen molar-refractivity contribution in [1.82, 2.24) is 4.90 Å². The molecule has 7 heteroatoms. The molecule has 1 fully saturated rings. The Hall–Kier alpha value is -2.67. The Balaban J connectivity index is 2.48. The van der Waals surface area contributed by atoms with E-state index in [-0.39, 0.29) is 31.9 Å². The van der Waals surface area contributed by atoms with Gasteiger partial charge in [-0.25, -0.2) is 0 Å². The number of hydrogen-bond donors (Lipinski definition) is 0. The second kappa shape index (κ2) is 8.81. The molecule has 1 aromatic carbocycles. The number of esters is 2. The lowest BCUT2D eigenvalue weighted by atomic mass is 9.72. The largest absolute Gasteiger partial charge is 0.465 e. The summed E-state index contributed by atoms with van der Waals surface area (Å²) in [5, 5.41) is 0. The SMILES string of the molecule is C=C1CN(C)C(=O)C(OCc2ccccc2)C1(C(=O)OCC)C(=O)OCC. The first-order chi connectivity index (χ1) is 12.9. The summed E-state index contributed by atoms with van der Waals surface area (Å²) in [4.78, 5) is 40.0. The first-order valence-electron chi connectivity index (χ1n) is 8.82. The number of amides is 1. The van der Waals surface area contributed by atoms with Crippen LogP contribution in [0, 0.1) is 5.41 Å². The minimum absolute atomic E-state index is 0.0294. The van der Waals surface area contributed by atoms with E-state index in [0.29, 0.717) is 0 Å². The van der Waals surface area contributed by atoms with E-state index >= 15 is 0 Å². The molecule has 0 bridgehead atoms. The Morgan fingerprint density at radius 3 is 2.22 bits per heavy atom. The molecule has 0 spiro atoms. The normalized spacial score (nSPS) is 18.9. The van der Waals surface area contributed by atoms with Crippen molar-refractivity contribution in [2.75, 3.05) is 26.8 Å². The van der Waals surface area contributed by atoms with Crippen LogP contribution >= 0.6 is 0 Å². The molecule has 1 aromatic rings.